The van der Waals surface area contributed by atoms with Gasteiger partial charge in [-0.1, -0.05) is 12.5 Å². The number of carbonyl (C=O) groups is 2. The van der Waals surface area contributed by atoms with E-state index in [1.54, 1.807) is 19.1 Å². The average molecular weight is 368 g/mol. The van der Waals surface area contributed by atoms with Gasteiger partial charge >= 0.3 is 5.97 Å². The van der Waals surface area contributed by atoms with Crippen molar-refractivity contribution in [3.8, 4) is 0 Å². The summed E-state index contributed by atoms with van der Waals surface area (Å²) in [5.41, 5.74) is 0.837. The number of aliphatic carboxylic acids is 1. The van der Waals surface area contributed by atoms with E-state index in [-0.39, 0.29) is 23.4 Å². The molecule has 2 rings (SSSR count). The van der Waals surface area contributed by atoms with Crippen molar-refractivity contribution in [1.82, 2.24) is 9.21 Å². The molecular weight excluding hydrogens is 344 g/mol. The minimum Gasteiger partial charge on any atom is -0.481 e. The molecule has 1 aromatic carbocycles. The molecule has 25 heavy (non-hydrogen) atoms. The van der Waals surface area contributed by atoms with Crippen LogP contribution in [-0.2, 0) is 14.8 Å². The SMILES string of the molecule is Cc1ccc(C(=O)N(C)CCC(=O)O)cc1S(=O)(=O)N1CCCCC1. The lowest BCUT2D eigenvalue weighted by molar-refractivity contribution is -0.137. The van der Waals surface area contributed by atoms with Crippen LogP contribution in [0.25, 0.3) is 0 Å². The Morgan fingerprint density at radius 2 is 1.84 bits per heavy atom. The molecule has 0 unspecified atom stereocenters. The van der Waals surface area contributed by atoms with Gasteiger partial charge in [-0.05, 0) is 37.5 Å². The summed E-state index contributed by atoms with van der Waals surface area (Å²) >= 11 is 0. The number of carboxylic acids is 1. The van der Waals surface area contributed by atoms with Crippen molar-refractivity contribution in [3.05, 3.63) is 29.3 Å². The van der Waals surface area contributed by atoms with Gasteiger partial charge in [0, 0.05) is 32.2 Å². The smallest absolute Gasteiger partial charge is 0.305 e. The monoisotopic (exact) mass is 368 g/mol. The summed E-state index contributed by atoms with van der Waals surface area (Å²) < 4.78 is 27.3. The van der Waals surface area contributed by atoms with Crippen molar-refractivity contribution in [2.45, 2.75) is 37.5 Å². The minimum absolute atomic E-state index is 0.0657. The van der Waals surface area contributed by atoms with Crippen LogP contribution in [0.2, 0.25) is 0 Å². The van der Waals surface area contributed by atoms with Gasteiger partial charge in [0.25, 0.3) is 5.91 Å². The number of benzene rings is 1. The molecule has 0 spiro atoms. The van der Waals surface area contributed by atoms with Gasteiger partial charge in [0.15, 0.2) is 0 Å². The molecule has 1 fully saturated rings. The van der Waals surface area contributed by atoms with Crippen molar-refractivity contribution in [1.29, 1.82) is 0 Å². The Morgan fingerprint density at radius 1 is 1.20 bits per heavy atom. The largest absolute Gasteiger partial charge is 0.481 e. The molecule has 0 radical (unpaired) electrons. The molecule has 1 aromatic rings. The van der Waals surface area contributed by atoms with Gasteiger partial charge in [-0.25, -0.2) is 8.42 Å². The first-order chi connectivity index (χ1) is 11.7. The van der Waals surface area contributed by atoms with E-state index in [9.17, 15) is 18.0 Å². The Hall–Kier alpha value is -1.93. The summed E-state index contributed by atoms with van der Waals surface area (Å²) in [7, 11) is -2.13. The van der Waals surface area contributed by atoms with E-state index in [0.29, 0.717) is 18.7 Å². The van der Waals surface area contributed by atoms with Crippen LogP contribution >= 0.6 is 0 Å². The van der Waals surface area contributed by atoms with E-state index >= 15 is 0 Å². The van der Waals surface area contributed by atoms with Gasteiger partial charge in [0.2, 0.25) is 10.0 Å². The number of rotatable bonds is 6. The molecule has 1 aliphatic rings. The maximum atomic E-state index is 12.9. The first kappa shape index (κ1) is 19.4. The van der Waals surface area contributed by atoms with Gasteiger partial charge < -0.3 is 10.0 Å². The van der Waals surface area contributed by atoms with Crippen LogP contribution in [0.4, 0.5) is 0 Å². The normalized spacial score (nSPS) is 15.8. The Balaban J connectivity index is 2.27. The van der Waals surface area contributed by atoms with Crippen molar-refractivity contribution in [2.24, 2.45) is 0 Å². The van der Waals surface area contributed by atoms with Crippen LogP contribution in [0, 0.1) is 6.92 Å². The highest BCUT2D eigenvalue weighted by Crippen LogP contribution is 2.24. The summed E-state index contributed by atoms with van der Waals surface area (Å²) in [5.74, 6) is -1.38. The first-order valence-corrected chi connectivity index (χ1v) is 9.75. The fraction of sp³-hybridized carbons (Fsp3) is 0.529. The lowest BCUT2D eigenvalue weighted by Gasteiger charge is -2.27. The lowest BCUT2D eigenvalue weighted by atomic mass is 10.1. The summed E-state index contributed by atoms with van der Waals surface area (Å²) in [4.78, 5) is 24.5. The third-order valence-corrected chi connectivity index (χ3v) is 6.42. The molecule has 0 aliphatic carbocycles. The molecule has 1 saturated heterocycles. The van der Waals surface area contributed by atoms with Crippen LogP contribution < -0.4 is 0 Å². The van der Waals surface area contributed by atoms with E-state index in [4.69, 9.17) is 5.11 Å². The first-order valence-electron chi connectivity index (χ1n) is 8.31. The average Bonchev–Trinajstić information content (AvgIpc) is 2.60. The zero-order chi connectivity index (χ0) is 18.6. The van der Waals surface area contributed by atoms with Gasteiger partial charge in [-0.3, -0.25) is 9.59 Å². The molecule has 0 atom stereocenters. The molecule has 0 saturated carbocycles. The Labute approximate surface area is 148 Å². The highest BCUT2D eigenvalue weighted by molar-refractivity contribution is 7.89. The molecule has 0 aromatic heterocycles. The van der Waals surface area contributed by atoms with Crippen molar-refractivity contribution in [2.75, 3.05) is 26.7 Å². The summed E-state index contributed by atoms with van der Waals surface area (Å²) in [6.45, 7) is 2.77. The van der Waals surface area contributed by atoms with Crippen LogP contribution in [0.1, 0.15) is 41.6 Å². The third-order valence-electron chi connectivity index (χ3n) is 4.38. The fourth-order valence-corrected chi connectivity index (χ4v) is 4.61. The molecule has 1 N–H and O–H groups in total. The maximum absolute atomic E-state index is 12.9. The Morgan fingerprint density at radius 3 is 2.44 bits per heavy atom. The van der Waals surface area contributed by atoms with Crippen LogP contribution in [0.5, 0.6) is 0 Å². The predicted octanol–water partition coefficient (Wildman–Crippen LogP) is 1.72. The Bertz CT molecular complexity index is 754. The highest BCUT2D eigenvalue weighted by Gasteiger charge is 2.28. The van der Waals surface area contributed by atoms with Gasteiger partial charge in [-0.15, -0.1) is 0 Å². The molecule has 7 nitrogen and oxygen atoms in total. The summed E-state index contributed by atoms with van der Waals surface area (Å²) in [6, 6.07) is 4.60. The topological polar surface area (TPSA) is 95.0 Å². The van der Waals surface area contributed by atoms with Crippen molar-refractivity contribution in [3.63, 3.8) is 0 Å². The number of carboxylic acid groups (broad SMARTS) is 1. The zero-order valence-electron chi connectivity index (χ0n) is 14.6. The highest BCUT2D eigenvalue weighted by atomic mass is 32.2. The standard InChI is InChI=1S/C17H24N2O5S/c1-13-6-7-14(17(22)18(2)11-8-16(20)21)12-15(13)25(23,24)19-9-4-3-5-10-19/h6-7,12H,3-5,8-11H2,1-2H3,(H,20,21). The van der Waals surface area contributed by atoms with Crippen LogP contribution in [0.3, 0.4) is 0 Å². The minimum atomic E-state index is -3.63. The number of nitrogens with zero attached hydrogens (tertiary/aromatic N) is 2. The second-order valence-electron chi connectivity index (χ2n) is 6.32. The molecule has 1 heterocycles. The summed E-state index contributed by atoms with van der Waals surface area (Å²) in [5, 5.41) is 8.72. The van der Waals surface area contributed by atoms with E-state index in [2.05, 4.69) is 0 Å². The second kappa shape index (κ2) is 7.97. The number of amides is 1. The molecule has 0 bridgehead atoms. The quantitative estimate of drug-likeness (QED) is 0.825. The van der Waals surface area contributed by atoms with Crippen LogP contribution in [0.15, 0.2) is 23.1 Å². The predicted molar refractivity (Wildman–Crippen MR) is 93.0 cm³/mol. The molecule has 1 aliphatic heterocycles. The number of sulfonamides is 1. The van der Waals surface area contributed by atoms with Gasteiger partial charge in [0.05, 0.1) is 11.3 Å². The number of carbonyl (C=O) groups excluding carboxylic acids is 1. The lowest BCUT2D eigenvalue weighted by Crippen LogP contribution is -2.36. The molecule has 1 amide bonds. The van der Waals surface area contributed by atoms with Crippen molar-refractivity contribution >= 4 is 21.9 Å². The number of hydrogen-bond donors (Lipinski definition) is 1. The van der Waals surface area contributed by atoms with E-state index in [1.165, 1.54) is 22.3 Å². The summed E-state index contributed by atoms with van der Waals surface area (Å²) in [6.07, 6.45) is 2.55. The van der Waals surface area contributed by atoms with E-state index < -0.39 is 21.9 Å². The molecule has 8 heteroatoms. The third kappa shape index (κ3) is 4.58. The Kier molecular flexibility index (Phi) is 6.18. The number of aryl methyl sites for hydroxylation is 1. The van der Waals surface area contributed by atoms with E-state index in [0.717, 1.165) is 19.3 Å². The molecular formula is C17H24N2O5S. The molecule has 138 valence electrons. The van der Waals surface area contributed by atoms with E-state index in [1.807, 2.05) is 0 Å². The van der Waals surface area contributed by atoms with Gasteiger partial charge in [-0.2, -0.15) is 4.31 Å². The second-order valence-corrected chi connectivity index (χ2v) is 8.22. The van der Waals surface area contributed by atoms with Crippen LogP contribution in [-0.4, -0.2) is 61.3 Å². The fourth-order valence-electron chi connectivity index (χ4n) is 2.84. The number of hydrogen-bond acceptors (Lipinski definition) is 4. The van der Waals surface area contributed by atoms with Crippen molar-refractivity contribution < 1.29 is 23.1 Å². The maximum Gasteiger partial charge on any atom is 0.305 e. The van der Waals surface area contributed by atoms with Gasteiger partial charge in [0.1, 0.15) is 0 Å². The number of piperidine rings is 1. The zero-order valence-corrected chi connectivity index (χ0v) is 15.4.